The van der Waals surface area contributed by atoms with Crippen molar-refractivity contribution in [2.75, 3.05) is 5.73 Å². The van der Waals surface area contributed by atoms with E-state index in [4.69, 9.17) is 5.73 Å². The summed E-state index contributed by atoms with van der Waals surface area (Å²) in [6, 6.07) is 7.35. The molecule has 3 heteroatoms. The van der Waals surface area contributed by atoms with Crippen molar-refractivity contribution in [3.63, 3.8) is 0 Å². The Labute approximate surface area is 77.3 Å². The van der Waals surface area contributed by atoms with Gasteiger partial charge in [0, 0.05) is 12.2 Å². The van der Waals surface area contributed by atoms with Crippen LogP contribution in [0.2, 0.25) is 0 Å². The number of carbonyl (C=O) groups excluding carboxylic acids is 1. The quantitative estimate of drug-likeness (QED) is 0.534. The first-order valence-corrected chi connectivity index (χ1v) is 3.97. The molecule has 3 N–H and O–H groups in total. The van der Waals surface area contributed by atoms with Crippen LogP contribution in [-0.2, 0) is 11.3 Å². The normalized spacial score (nSPS) is 9.23. The predicted molar refractivity (Wildman–Crippen MR) is 52.9 cm³/mol. The molecule has 0 atom stereocenters. The molecule has 3 nitrogen and oxygen atoms in total. The number of nitrogen functional groups attached to an aromatic ring is 1. The number of nitrogens with two attached hydrogens (primary N) is 1. The summed E-state index contributed by atoms with van der Waals surface area (Å²) >= 11 is 0. The number of nitrogens with one attached hydrogen (secondary N) is 1. The minimum absolute atomic E-state index is 0.170. The highest BCUT2D eigenvalue weighted by molar-refractivity contribution is 5.86. The molecule has 0 radical (unpaired) electrons. The summed E-state index contributed by atoms with van der Waals surface area (Å²) in [7, 11) is 0. The highest BCUT2D eigenvalue weighted by Crippen LogP contribution is 2.04. The molecule has 0 spiro atoms. The lowest BCUT2D eigenvalue weighted by Gasteiger charge is -2.02. The second-order valence-corrected chi connectivity index (χ2v) is 2.66. The largest absolute Gasteiger partial charge is 0.399 e. The van der Waals surface area contributed by atoms with Crippen LogP contribution in [0.4, 0.5) is 5.69 Å². The summed E-state index contributed by atoms with van der Waals surface area (Å²) in [6.07, 6.45) is 1.25. The van der Waals surface area contributed by atoms with Crippen molar-refractivity contribution >= 4 is 11.6 Å². The zero-order chi connectivity index (χ0) is 9.68. The maximum atomic E-state index is 10.8. The van der Waals surface area contributed by atoms with Crippen molar-refractivity contribution in [2.24, 2.45) is 0 Å². The van der Waals surface area contributed by atoms with Crippen LogP contribution in [0.1, 0.15) is 5.56 Å². The van der Waals surface area contributed by atoms with E-state index in [9.17, 15) is 4.79 Å². The Morgan fingerprint density at radius 1 is 1.46 bits per heavy atom. The molecule has 0 aliphatic rings. The van der Waals surface area contributed by atoms with Gasteiger partial charge in [-0.3, -0.25) is 4.79 Å². The minimum Gasteiger partial charge on any atom is -0.399 e. The molecule has 1 amide bonds. The lowest BCUT2D eigenvalue weighted by atomic mass is 10.2. The second-order valence-electron chi connectivity index (χ2n) is 2.66. The molecule has 0 fully saturated rings. The molecule has 0 saturated carbocycles. The van der Waals surface area contributed by atoms with Gasteiger partial charge in [0.1, 0.15) is 0 Å². The molecule has 0 heterocycles. The average Bonchev–Trinajstić information content (AvgIpc) is 2.16. The molecule has 0 saturated heterocycles. The van der Waals surface area contributed by atoms with Crippen molar-refractivity contribution in [1.82, 2.24) is 5.32 Å². The van der Waals surface area contributed by atoms with Crippen molar-refractivity contribution in [3.05, 3.63) is 42.5 Å². The lowest BCUT2D eigenvalue weighted by Crippen LogP contribution is -2.19. The highest BCUT2D eigenvalue weighted by atomic mass is 16.1. The number of amides is 1. The maximum absolute atomic E-state index is 10.8. The SMILES string of the molecule is C=CC(=O)NCc1ccc(N)cc1. The molecular formula is C10H12N2O. The molecule has 1 rings (SSSR count). The van der Waals surface area contributed by atoms with Crippen LogP contribution in [0.3, 0.4) is 0 Å². The molecule has 1 aromatic carbocycles. The van der Waals surface area contributed by atoms with E-state index >= 15 is 0 Å². The van der Waals surface area contributed by atoms with Gasteiger partial charge in [-0.1, -0.05) is 18.7 Å². The Morgan fingerprint density at radius 3 is 2.62 bits per heavy atom. The molecule has 0 aliphatic heterocycles. The number of hydrogen-bond donors (Lipinski definition) is 2. The first-order chi connectivity index (χ1) is 6.22. The van der Waals surface area contributed by atoms with Gasteiger partial charge in [-0.2, -0.15) is 0 Å². The number of benzene rings is 1. The molecule has 0 aliphatic carbocycles. The average molecular weight is 176 g/mol. The van der Waals surface area contributed by atoms with Crippen LogP contribution in [0.25, 0.3) is 0 Å². The van der Waals surface area contributed by atoms with Crippen LogP contribution < -0.4 is 11.1 Å². The Morgan fingerprint density at radius 2 is 2.08 bits per heavy atom. The fourth-order valence-electron chi connectivity index (χ4n) is 0.897. The topological polar surface area (TPSA) is 55.1 Å². The van der Waals surface area contributed by atoms with Gasteiger partial charge in [-0.15, -0.1) is 0 Å². The summed E-state index contributed by atoms with van der Waals surface area (Å²) in [5.41, 5.74) is 7.24. The Balaban J connectivity index is 2.50. The van der Waals surface area contributed by atoms with Crippen LogP contribution in [-0.4, -0.2) is 5.91 Å². The van der Waals surface area contributed by atoms with E-state index in [0.717, 1.165) is 11.3 Å². The fourth-order valence-corrected chi connectivity index (χ4v) is 0.897. The predicted octanol–water partition coefficient (Wildman–Crippen LogP) is 1.07. The van der Waals surface area contributed by atoms with Crippen LogP contribution in [0, 0.1) is 0 Å². The summed E-state index contributed by atoms with van der Waals surface area (Å²) in [4.78, 5) is 10.8. The van der Waals surface area contributed by atoms with Gasteiger partial charge in [-0.25, -0.2) is 0 Å². The molecule has 0 unspecified atom stereocenters. The Hall–Kier alpha value is -1.77. The van der Waals surface area contributed by atoms with Gasteiger partial charge in [0.2, 0.25) is 5.91 Å². The van der Waals surface area contributed by atoms with Crippen molar-refractivity contribution in [2.45, 2.75) is 6.54 Å². The first kappa shape index (κ1) is 9.32. The number of anilines is 1. The molecule has 0 aromatic heterocycles. The molecule has 13 heavy (non-hydrogen) atoms. The van der Waals surface area contributed by atoms with E-state index in [1.54, 1.807) is 12.1 Å². The first-order valence-electron chi connectivity index (χ1n) is 3.97. The zero-order valence-electron chi connectivity index (χ0n) is 7.29. The van der Waals surface area contributed by atoms with E-state index in [0.29, 0.717) is 6.54 Å². The Kier molecular flexibility index (Phi) is 3.09. The van der Waals surface area contributed by atoms with Crippen molar-refractivity contribution < 1.29 is 4.79 Å². The van der Waals surface area contributed by atoms with Gasteiger partial charge in [-0.05, 0) is 23.8 Å². The number of rotatable bonds is 3. The molecule has 0 bridgehead atoms. The molecule has 1 aromatic rings. The van der Waals surface area contributed by atoms with Crippen molar-refractivity contribution in [1.29, 1.82) is 0 Å². The third kappa shape index (κ3) is 2.99. The number of carbonyl (C=O) groups is 1. The van der Waals surface area contributed by atoms with Crippen LogP contribution >= 0.6 is 0 Å². The molecular weight excluding hydrogens is 164 g/mol. The van der Waals surface area contributed by atoms with E-state index in [1.165, 1.54) is 6.08 Å². The van der Waals surface area contributed by atoms with Crippen molar-refractivity contribution in [3.8, 4) is 0 Å². The van der Waals surface area contributed by atoms with E-state index in [1.807, 2.05) is 12.1 Å². The van der Waals surface area contributed by atoms with E-state index in [-0.39, 0.29) is 5.91 Å². The van der Waals surface area contributed by atoms with Gasteiger partial charge in [0.25, 0.3) is 0 Å². The van der Waals surface area contributed by atoms with Gasteiger partial charge in [0.05, 0.1) is 0 Å². The third-order valence-corrected chi connectivity index (χ3v) is 1.63. The summed E-state index contributed by atoms with van der Waals surface area (Å²) in [5.74, 6) is -0.170. The van der Waals surface area contributed by atoms with Crippen LogP contribution in [0.5, 0.6) is 0 Å². The number of hydrogen-bond acceptors (Lipinski definition) is 2. The minimum atomic E-state index is -0.170. The maximum Gasteiger partial charge on any atom is 0.243 e. The van der Waals surface area contributed by atoms with Crippen LogP contribution in [0.15, 0.2) is 36.9 Å². The molecule has 68 valence electrons. The van der Waals surface area contributed by atoms with E-state index < -0.39 is 0 Å². The zero-order valence-corrected chi connectivity index (χ0v) is 7.29. The third-order valence-electron chi connectivity index (χ3n) is 1.63. The summed E-state index contributed by atoms with van der Waals surface area (Å²) in [6.45, 7) is 3.86. The van der Waals surface area contributed by atoms with E-state index in [2.05, 4.69) is 11.9 Å². The van der Waals surface area contributed by atoms with Gasteiger partial charge < -0.3 is 11.1 Å². The van der Waals surface area contributed by atoms with Gasteiger partial charge in [0.15, 0.2) is 0 Å². The summed E-state index contributed by atoms with van der Waals surface area (Å²) in [5, 5.41) is 2.67. The second kappa shape index (κ2) is 4.30. The van der Waals surface area contributed by atoms with Gasteiger partial charge >= 0.3 is 0 Å². The monoisotopic (exact) mass is 176 g/mol. The summed E-state index contributed by atoms with van der Waals surface area (Å²) < 4.78 is 0. The highest BCUT2D eigenvalue weighted by Gasteiger charge is 1.94. The smallest absolute Gasteiger partial charge is 0.243 e. The fraction of sp³-hybridized carbons (Fsp3) is 0.100. The lowest BCUT2D eigenvalue weighted by molar-refractivity contribution is -0.116. The standard InChI is InChI=1S/C10H12N2O/c1-2-10(13)12-7-8-3-5-9(11)6-4-8/h2-6H,1,7,11H2,(H,12,13). The Bertz CT molecular complexity index is 303.